The Morgan fingerprint density at radius 3 is 2.65 bits per heavy atom. The number of aryl methyl sites for hydroxylation is 1. The van der Waals surface area contributed by atoms with E-state index >= 15 is 0 Å². The van der Waals surface area contributed by atoms with Crippen LogP contribution in [-0.4, -0.2) is 62.5 Å². The van der Waals surface area contributed by atoms with Crippen molar-refractivity contribution in [1.29, 1.82) is 0 Å². The van der Waals surface area contributed by atoms with E-state index in [-0.39, 0.29) is 5.54 Å². The van der Waals surface area contributed by atoms with Gasteiger partial charge in [-0.3, -0.25) is 0 Å². The van der Waals surface area contributed by atoms with Gasteiger partial charge in [-0.15, -0.1) is 0 Å². The van der Waals surface area contributed by atoms with Gasteiger partial charge in [0, 0.05) is 36.5 Å². The van der Waals surface area contributed by atoms with Gasteiger partial charge in [-0.05, 0) is 50.7 Å². The van der Waals surface area contributed by atoms with Gasteiger partial charge in [0.15, 0.2) is 10.8 Å². The van der Waals surface area contributed by atoms with Gasteiger partial charge in [-0.25, -0.2) is 14.5 Å². The van der Waals surface area contributed by atoms with E-state index in [1.54, 1.807) is 17.7 Å². The predicted molar refractivity (Wildman–Crippen MR) is 137 cm³/mol. The number of rotatable bonds is 5. The van der Waals surface area contributed by atoms with Crippen molar-refractivity contribution in [2.45, 2.75) is 65.0 Å². The second-order valence-corrected chi connectivity index (χ2v) is 11.5. The van der Waals surface area contributed by atoms with Crippen LogP contribution in [0.4, 0.5) is 5.13 Å². The van der Waals surface area contributed by atoms with Crippen LogP contribution in [0.3, 0.4) is 0 Å². The number of piperidine rings is 1. The van der Waals surface area contributed by atoms with Crippen LogP contribution in [0.1, 0.15) is 56.2 Å². The largest absolute Gasteiger partial charge is 0.377 e. The highest BCUT2D eigenvalue weighted by Crippen LogP contribution is 2.41. The zero-order valence-corrected chi connectivity index (χ0v) is 21.4. The molecule has 0 radical (unpaired) electrons. The molecule has 0 atom stereocenters. The number of nitrogens with zero attached hydrogens (tertiary/aromatic N) is 5. The average molecular weight is 480 g/mol. The van der Waals surface area contributed by atoms with Gasteiger partial charge in [-0.2, -0.15) is 5.10 Å². The molecular formula is C25H33N7OS. The highest BCUT2D eigenvalue weighted by Gasteiger charge is 2.36. The van der Waals surface area contributed by atoms with E-state index in [1.807, 2.05) is 4.52 Å². The maximum absolute atomic E-state index is 5.40. The minimum absolute atomic E-state index is 0.165. The first-order chi connectivity index (χ1) is 16.3. The number of nitrogens with one attached hydrogen (secondary N) is 2. The van der Waals surface area contributed by atoms with E-state index in [4.69, 9.17) is 9.72 Å². The molecule has 0 saturated carbocycles. The molecule has 0 aliphatic carbocycles. The van der Waals surface area contributed by atoms with Gasteiger partial charge in [0.25, 0.3) is 0 Å². The van der Waals surface area contributed by atoms with Crippen LogP contribution in [0.5, 0.6) is 0 Å². The number of hydrogen-bond donors (Lipinski definition) is 2. The maximum Gasteiger partial charge on any atom is 0.187 e. The molecule has 34 heavy (non-hydrogen) atoms. The fourth-order valence-corrected chi connectivity index (χ4v) is 6.48. The van der Waals surface area contributed by atoms with Crippen LogP contribution in [0.15, 0.2) is 12.5 Å². The first-order valence-electron chi connectivity index (χ1n) is 12.3. The topological polar surface area (TPSA) is 83.4 Å². The Kier molecular flexibility index (Phi) is 5.20. The maximum atomic E-state index is 5.40. The lowest BCUT2D eigenvalue weighted by Gasteiger charge is -2.44. The summed E-state index contributed by atoms with van der Waals surface area (Å²) in [5.41, 5.74) is 8.20. The first-order valence-corrected chi connectivity index (χ1v) is 13.1. The molecule has 2 aliphatic rings. The summed E-state index contributed by atoms with van der Waals surface area (Å²) < 4.78 is 7.28. The Balaban J connectivity index is 1.30. The molecule has 180 valence electrons. The quantitative estimate of drug-likeness (QED) is 0.441. The number of H-pyrrole nitrogens is 1. The van der Waals surface area contributed by atoms with Crippen molar-refractivity contribution in [3.8, 4) is 11.3 Å². The highest BCUT2D eigenvalue weighted by molar-refractivity contribution is 7.21. The molecule has 2 saturated heterocycles. The van der Waals surface area contributed by atoms with Crippen molar-refractivity contribution in [3.63, 3.8) is 0 Å². The second-order valence-electron chi connectivity index (χ2n) is 10.5. The zero-order valence-electron chi connectivity index (χ0n) is 20.6. The third kappa shape index (κ3) is 3.52. The summed E-state index contributed by atoms with van der Waals surface area (Å²) in [6.07, 6.45) is 6.00. The smallest absolute Gasteiger partial charge is 0.187 e. The van der Waals surface area contributed by atoms with Gasteiger partial charge < -0.3 is 19.9 Å². The minimum Gasteiger partial charge on any atom is -0.377 e. The summed E-state index contributed by atoms with van der Waals surface area (Å²) in [7, 11) is 0. The number of pyridine rings is 1. The molecule has 8 nitrogen and oxygen atoms in total. The lowest BCUT2D eigenvalue weighted by molar-refractivity contribution is -0.0704. The van der Waals surface area contributed by atoms with Crippen LogP contribution < -0.4 is 10.2 Å². The van der Waals surface area contributed by atoms with Gasteiger partial charge in [0.1, 0.15) is 16.7 Å². The lowest BCUT2D eigenvalue weighted by atomic mass is 9.95. The Hall–Kier alpha value is -2.49. The number of fused-ring (bicyclic) bond motifs is 2. The van der Waals surface area contributed by atoms with E-state index in [2.05, 4.69) is 66.1 Å². The standard InChI is InChI=1S/C25H33N7OS/c1-14(2)19-20(18-10-32-22(26-13-27-32)16(4)15(18)3)28-23-21(19)29-24(34-23)31-8-6-17(7-9-31)30-25(5)11-33-12-25/h10,13-14,17,28,30H,6-9,11-12H2,1-5H3. The van der Waals surface area contributed by atoms with Crippen LogP contribution in [0.25, 0.3) is 27.3 Å². The third-order valence-corrected chi connectivity index (χ3v) is 8.54. The van der Waals surface area contributed by atoms with Gasteiger partial charge in [0.2, 0.25) is 0 Å². The fourth-order valence-electron chi connectivity index (χ4n) is 5.44. The summed E-state index contributed by atoms with van der Waals surface area (Å²) in [5.74, 6) is 0.352. The van der Waals surface area contributed by atoms with Crippen molar-refractivity contribution in [1.82, 2.24) is 29.9 Å². The van der Waals surface area contributed by atoms with Crippen LogP contribution >= 0.6 is 11.3 Å². The molecule has 0 amide bonds. The molecule has 0 bridgehead atoms. The molecule has 0 aromatic carbocycles. The Morgan fingerprint density at radius 1 is 1.21 bits per heavy atom. The number of ether oxygens (including phenoxy) is 1. The molecule has 2 N–H and O–H groups in total. The van der Waals surface area contributed by atoms with E-state index in [0.29, 0.717) is 12.0 Å². The molecule has 6 heterocycles. The Morgan fingerprint density at radius 2 is 1.97 bits per heavy atom. The number of aromatic nitrogens is 5. The van der Waals surface area contributed by atoms with Crippen molar-refractivity contribution >= 4 is 32.5 Å². The summed E-state index contributed by atoms with van der Waals surface area (Å²) in [6, 6.07) is 0.561. The van der Waals surface area contributed by atoms with Crippen LogP contribution in [-0.2, 0) is 4.74 Å². The summed E-state index contributed by atoms with van der Waals surface area (Å²) in [6.45, 7) is 14.8. The number of thiazole rings is 1. The second kappa shape index (κ2) is 8.03. The summed E-state index contributed by atoms with van der Waals surface area (Å²) in [5, 5.41) is 9.33. The molecule has 2 aliphatic heterocycles. The van der Waals surface area contributed by atoms with E-state index in [1.165, 1.54) is 16.7 Å². The molecule has 0 unspecified atom stereocenters. The predicted octanol–water partition coefficient (Wildman–Crippen LogP) is 4.42. The average Bonchev–Trinajstić information content (AvgIpc) is 3.49. The highest BCUT2D eigenvalue weighted by atomic mass is 32.1. The minimum atomic E-state index is 0.165. The third-order valence-electron chi connectivity index (χ3n) is 7.51. The molecule has 0 spiro atoms. The Labute approximate surface area is 203 Å². The molecule has 9 heteroatoms. The van der Waals surface area contributed by atoms with Crippen molar-refractivity contribution < 1.29 is 4.74 Å². The van der Waals surface area contributed by atoms with Gasteiger partial charge >= 0.3 is 0 Å². The van der Waals surface area contributed by atoms with E-state index in [9.17, 15) is 0 Å². The van der Waals surface area contributed by atoms with Crippen molar-refractivity contribution in [3.05, 3.63) is 29.2 Å². The van der Waals surface area contributed by atoms with E-state index in [0.717, 1.165) is 71.5 Å². The summed E-state index contributed by atoms with van der Waals surface area (Å²) in [4.78, 5) is 16.9. The van der Waals surface area contributed by atoms with Crippen molar-refractivity contribution in [2.24, 2.45) is 0 Å². The summed E-state index contributed by atoms with van der Waals surface area (Å²) >= 11 is 1.78. The van der Waals surface area contributed by atoms with Gasteiger partial charge in [-0.1, -0.05) is 25.2 Å². The van der Waals surface area contributed by atoms with Crippen LogP contribution in [0.2, 0.25) is 0 Å². The first kappa shape index (κ1) is 22.0. The molecule has 4 aromatic heterocycles. The number of aromatic amines is 1. The number of hydrogen-bond acceptors (Lipinski definition) is 7. The monoisotopic (exact) mass is 479 g/mol. The van der Waals surface area contributed by atoms with E-state index < -0.39 is 0 Å². The molecular weight excluding hydrogens is 446 g/mol. The molecule has 2 fully saturated rings. The lowest BCUT2D eigenvalue weighted by Crippen LogP contribution is -2.62. The fraction of sp³-hybridized carbons (Fsp3) is 0.560. The normalized spacial score (nSPS) is 18.9. The zero-order chi connectivity index (χ0) is 23.6. The SMILES string of the molecule is Cc1c(-c2[nH]c3sc(N4CCC(NC5(C)COC5)CC4)nc3c2C(C)C)cn2ncnc2c1C. The molecule has 6 rings (SSSR count). The van der Waals surface area contributed by atoms with Crippen LogP contribution in [0, 0.1) is 13.8 Å². The van der Waals surface area contributed by atoms with Crippen molar-refractivity contribution in [2.75, 3.05) is 31.2 Å². The molecule has 4 aromatic rings. The Bertz CT molecular complexity index is 1350. The number of anilines is 1. The van der Waals surface area contributed by atoms with Gasteiger partial charge in [0.05, 0.1) is 24.4 Å².